The van der Waals surface area contributed by atoms with Crippen molar-refractivity contribution in [2.45, 2.75) is 19.1 Å². The normalized spacial score (nSPS) is 23.1. The van der Waals surface area contributed by atoms with Crippen LogP contribution in [0.15, 0.2) is 24.3 Å². The molecule has 1 aromatic carbocycles. The van der Waals surface area contributed by atoms with Gasteiger partial charge in [-0.25, -0.2) is 0 Å². The van der Waals surface area contributed by atoms with Gasteiger partial charge in [-0.2, -0.15) is 13.2 Å². The van der Waals surface area contributed by atoms with Crippen LogP contribution in [-0.2, 0) is 11.3 Å². The van der Waals surface area contributed by atoms with E-state index < -0.39 is 12.8 Å². The van der Waals surface area contributed by atoms with Gasteiger partial charge in [0.05, 0.1) is 6.61 Å². The molecule has 2 fully saturated rings. The van der Waals surface area contributed by atoms with E-state index in [1.165, 1.54) is 0 Å². The Kier molecular flexibility index (Phi) is 6.19. The molecule has 0 aliphatic carbocycles. The molecule has 140 valence electrons. The van der Waals surface area contributed by atoms with Crippen molar-refractivity contribution >= 4 is 0 Å². The molecule has 7 heteroatoms. The van der Waals surface area contributed by atoms with Crippen molar-refractivity contribution in [1.29, 1.82) is 0 Å². The minimum absolute atomic E-state index is 0.273. The van der Waals surface area contributed by atoms with Gasteiger partial charge in [0.25, 0.3) is 0 Å². The molecule has 0 bridgehead atoms. The highest BCUT2D eigenvalue weighted by molar-refractivity contribution is 5.28. The molecular weight excluding hydrogens is 333 g/mol. The van der Waals surface area contributed by atoms with Crippen LogP contribution < -0.4 is 4.74 Å². The zero-order valence-electron chi connectivity index (χ0n) is 14.3. The predicted octanol–water partition coefficient (Wildman–Crippen LogP) is 2.78. The first kappa shape index (κ1) is 18.5. The average Bonchev–Trinajstić information content (AvgIpc) is 3.08. The third kappa shape index (κ3) is 6.17. The molecule has 1 aromatic rings. The fourth-order valence-corrected chi connectivity index (χ4v) is 3.38. The first-order valence-electron chi connectivity index (χ1n) is 8.79. The lowest BCUT2D eigenvalue weighted by Crippen LogP contribution is -2.47. The highest BCUT2D eigenvalue weighted by Crippen LogP contribution is 2.21. The van der Waals surface area contributed by atoms with Crippen LogP contribution in [0, 0.1) is 5.92 Å². The number of ether oxygens (including phenoxy) is 2. The fourth-order valence-electron chi connectivity index (χ4n) is 3.38. The maximum Gasteiger partial charge on any atom is 0.422 e. The van der Waals surface area contributed by atoms with Crippen LogP contribution in [0.5, 0.6) is 5.75 Å². The van der Waals surface area contributed by atoms with Crippen LogP contribution in [0.25, 0.3) is 0 Å². The smallest absolute Gasteiger partial charge is 0.422 e. The molecule has 0 amide bonds. The van der Waals surface area contributed by atoms with Crippen LogP contribution in [0.3, 0.4) is 0 Å². The van der Waals surface area contributed by atoms with Crippen LogP contribution in [0.2, 0.25) is 0 Å². The van der Waals surface area contributed by atoms with Gasteiger partial charge in [0, 0.05) is 45.9 Å². The summed E-state index contributed by atoms with van der Waals surface area (Å²) in [4.78, 5) is 4.82. The van der Waals surface area contributed by atoms with Gasteiger partial charge in [0.2, 0.25) is 0 Å². The number of piperazine rings is 1. The fraction of sp³-hybridized carbons (Fsp3) is 0.667. The second-order valence-electron chi connectivity index (χ2n) is 6.86. The molecule has 0 spiro atoms. The molecule has 1 unspecified atom stereocenters. The van der Waals surface area contributed by atoms with Crippen LogP contribution in [0.4, 0.5) is 13.2 Å². The van der Waals surface area contributed by atoms with Crippen LogP contribution >= 0.6 is 0 Å². The summed E-state index contributed by atoms with van der Waals surface area (Å²) in [6.45, 7) is 6.37. The summed E-state index contributed by atoms with van der Waals surface area (Å²) in [6.07, 6.45) is -3.15. The molecule has 0 saturated carbocycles. The molecule has 4 nitrogen and oxygen atoms in total. The van der Waals surface area contributed by atoms with E-state index in [0.29, 0.717) is 5.92 Å². The second kappa shape index (κ2) is 8.38. The minimum Gasteiger partial charge on any atom is -0.484 e. The Bertz CT molecular complexity index is 539. The van der Waals surface area contributed by atoms with Crippen LogP contribution in [0.1, 0.15) is 12.0 Å². The Labute approximate surface area is 146 Å². The Morgan fingerprint density at radius 2 is 1.88 bits per heavy atom. The number of alkyl halides is 3. The van der Waals surface area contributed by atoms with Gasteiger partial charge in [0.15, 0.2) is 6.61 Å². The molecule has 3 rings (SSSR count). The van der Waals surface area contributed by atoms with Crippen molar-refractivity contribution in [3.05, 3.63) is 29.8 Å². The van der Waals surface area contributed by atoms with E-state index in [9.17, 15) is 13.2 Å². The van der Waals surface area contributed by atoms with Crippen molar-refractivity contribution in [2.75, 3.05) is 52.5 Å². The molecule has 0 aromatic heterocycles. The number of rotatable bonds is 6. The van der Waals surface area contributed by atoms with Crippen molar-refractivity contribution in [1.82, 2.24) is 9.80 Å². The lowest BCUT2D eigenvalue weighted by atomic mass is 10.1. The Hall–Kier alpha value is -1.31. The first-order chi connectivity index (χ1) is 12.0. The third-order valence-corrected chi connectivity index (χ3v) is 4.71. The number of nitrogens with zero attached hydrogens (tertiary/aromatic N) is 2. The van der Waals surface area contributed by atoms with Gasteiger partial charge in [0.1, 0.15) is 5.75 Å². The lowest BCUT2D eigenvalue weighted by molar-refractivity contribution is -0.153. The van der Waals surface area contributed by atoms with Gasteiger partial charge < -0.3 is 14.4 Å². The first-order valence-corrected chi connectivity index (χ1v) is 8.79. The highest BCUT2D eigenvalue weighted by atomic mass is 19.4. The van der Waals surface area contributed by atoms with E-state index in [-0.39, 0.29) is 5.75 Å². The zero-order valence-corrected chi connectivity index (χ0v) is 14.3. The van der Waals surface area contributed by atoms with Crippen molar-refractivity contribution in [3.63, 3.8) is 0 Å². The van der Waals surface area contributed by atoms with E-state index in [0.717, 1.165) is 64.5 Å². The summed E-state index contributed by atoms with van der Waals surface area (Å²) in [5.74, 6) is 0.934. The number of benzene rings is 1. The Balaban J connectivity index is 1.43. The van der Waals surface area contributed by atoms with Gasteiger partial charge in [-0.05, 0) is 30.0 Å². The van der Waals surface area contributed by atoms with Crippen LogP contribution in [-0.4, -0.2) is 68.5 Å². The van der Waals surface area contributed by atoms with Gasteiger partial charge in [-0.1, -0.05) is 12.1 Å². The molecule has 1 atom stereocenters. The van der Waals surface area contributed by atoms with Gasteiger partial charge in [-0.3, -0.25) is 4.90 Å². The predicted molar refractivity (Wildman–Crippen MR) is 88.6 cm³/mol. The van der Waals surface area contributed by atoms with Crippen molar-refractivity contribution in [2.24, 2.45) is 5.92 Å². The molecular formula is C18H25F3N2O2. The summed E-state index contributed by atoms with van der Waals surface area (Å²) < 4.78 is 47.0. The van der Waals surface area contributed by atoms with Crippen molar-refractivity contribution in [3.8, 4) is 5.75 Å². The Morgan fingerprint density at radius 1 is 1.12 bits per heavy atom. The highest BCUT2D eigenvalue weighted by Gasteiger charge is 2.28. The largest absolute Gasteiger partial charge is 0.484 e. The maximum atomic E-state index is 12.3. The van der Waals surface area contributed by atoms with E-state index in [1.54, 1.807) is 18.2 Å². The minimum atomic E-state index is -4.31. The Morgan fingerprint density at radius 3 is 2.56 bits per heavy atom. The standard InChI is InChI=1S/C18H25F3N2O2/c19-18(20,21)14-25-17-3-1-2-15(10-17)11-22-5-7-23(8-6-22)12-16-4-9-24-13-16/h1-3,10,16H,4-9,11-14H2. The molecule has 25 heavy (non-hydrogen) atoms. The zero-order chi connectivity index (χ0) is 17.7. The van der Waals surface area contributed by atoms with E-state index in [1.807, 2.05) is 6.07 Å². The van der Waals surface area contributed by atoms with E-state index in [4.69, 9.17) is 9.47 Å². The van der Waals surface area contributed by atoms with E-state index in [2.05, 4.69) is 9.80 Å². The van der Waals surface area contributed by atoms with Gasteiger partial charge in [-0.15, -0.1) is 0 Å². The number of hydrogen-bond donors (Lipinski definition) is 0. The van der Waals surface area contributed by atoms with Gasteiger partial charge >= 0.3 is 6.18 Å². The number of halogens is 3. The summed E-state index contributed by atoms with van der Waals surface area (Å²) >= 11 is 0. The molecule has 0 radical (unpaired) electrons. The summed E-state index contributed by atoms with van der Waals surface area (Å²) in [6, 6.07) is 6.95. The maximum absolute atomic E-state index is 12.3. The molecule has 2 aliphatic heterocycles. The monoisotopic (exact) mass is 358 g/mol. The average molecular weight is 358 g/mol. The summed E-state index contributed by atoms with van der Waals surface area (Å²) in [5.41, 5.74) is 0.984. The molecule has 2 saturated heterocycles. The SMILES string of the molecule is FC(F)(F)COc1cccc(CN2CCN(CC3CCOC3)CC2)c1. The second-order valence-corrected chi connectivity index (χ2v) is 6.86. The molecule has 0 N–H and O–H groups in total. The van der Waals surface area contributed by atoms with E-state index >= 15 is 0 Å². The molecule has 2 aliphatic rings. The molecule has 2 heterocycles. The lowest BCUT2D eigenvalue weighted by Gasteiger charge is -2.35. The summed E-state index contributed by atoms with van der Waals surface area (Å²) in [7, 11) is 0. The quantitative estimate of drug-likeness (QED) is 0.781. The number of hydrogen-bond acceptors (Lipinski definition) is 4. The third-order valence-electron chi connectivity index (χ3n) is 4.71. The topological polar surface area (TPSA) is 24.9 Å². The van der Waals surface area contributed by atoms with Crippen molar-refractivity contribution < 1.29 is 22.6 Å². The summed E-state index contributed by atoms with van der Waals surface area (Å²) in [5, 5.41) is 0.